The first-order valence-electron chi connectivity index (χ1n) is 12.8. The number of benzene rings is 1. The Hall–Kier alpha value is -3.97. The summed E-state index contributed by atoms with van der Waals surface area (Å²) in [5.74, 6) is -5.48. The van der Waals surface area contributed by atoms with Gasteiger partial charge in [-0.2, -0.15) is 0 Å². The van der Waals surface area contributed by atoms with Crippen molar-refractivity contribution < 1.29 is 34.2 Å². The first kappa shape index (κ1) is 31.2. The summed E-state index contributed by atoms with van der Waals surface area (Å²) in [4.78, 5) is 65.0. The Labute approximate surface area is 226 Å². The lowest BCUT2D eigenvalue weighted by Gasteiger charge is -2.26. The van der Waals surface area contributed by atoms with Gasteiger partial charge in [-0.1, -0.05) is 38.5 Å². The fraction of sp³-hybridized carbons (Fsp3) is 0.500. The second kappa shape index (κ2) is 14.8. The number of aliphatic carboxylic acids is 2. The van der Waals surface area contributed by atoms with E-state index in [9.17, 15) is 34.2 Å². The number of carbonyl (C=O) groups excluding carboxylic acids is 3. The van der Waals surface area contributed by atoms with Gasteiger partial charge in [-0.05, 0) is 36.9 Å². The van der Waals surface area contributed by atoms with Gasteiger partial charge in [0.2, 0.25) is 17.7 Å². The van der Waals surface area contributed by atoms with Gasteiger partial charge >= 0.3 is 11.9 Å². The average Bonchev–Trinajstić information content (AvgIpc) is 3.28. The van der Waals surface area contributed by atoms with Crippen molar-refractivity contribution in [2.24, 2.45) is 17.4 Å². The maximum atomic E-state index is 13.0. The highest BCUT2D eigenvalue weighted by Crippen LogP contribution is 2.19. The Bertz CT molecular complexity index is 1160. The highest BCUT2D eigenvalue weighted by Gasteiger charge is 2.33. The fourth-order valence-corrected chi connectivity index (χ4v) is 4.07. The largest absolute Gasteiger partial charge is 0.481 e. The molecular formula is C26H38N6O7. The number of nitrogens with one attached hydrogen (secondary N) is 4. The topological polar surface area (TPSA) is 230 Å². The van der Waals surface area contributed by atoms with Crippen LogP contribution in [-0.2, 0) is 30.4 Å². The van der Waals surface area contributed by atoms with E-state index in [2.05, 4.69) is 20.9 Å². The molecule has 0 spiro atoms. The molecule has 1 heterocycles. The molecule has 1 aromatic carbocycles. The van der Waals surface area contributed by atoms with Crippen LogP contribution in [-0.4, -0.2) is 75.6 Å². The van der Waals surface area contributed by atoms with Crippen molar-refractivity contribution in [1.82, 2.24) is 20.9 Å². The minimum Gasteiger partial charge on any atom is -0.481 e. The summed E-state index contributed by atoms with van der Waals surface area (Å²) in [7, 11) is 0. The van der Waals surface area contributed by atoms with Crippen molar-refractivity contribution in [1.29, 1.82) is 0 Å². The van der Waals surface area contributed by atoms with Crippen LogP contribution in [0.5, 0.6) is 0 Å². The molecule has 4 unspecified atom stereocenters. The maximum absolute atomic E-state index is 13.0. The second-order valence-corrected chi connectivity index (χ2v) is 9.74. The number of hydrogen-bond donors (Lipinski definition) is 8. The first-order chi connectivity index (χ1) is 18.4. The molecule has 3 amide bonds. The number of aromatic nitrogens is 1. The molecule has 4 atom stereocenters. The Kier molecular flexibility index (Phi) is 11.9. The maximum Gasteiger partial charge on any atom is 0.326 e. The van der Waals surface area contributed by atoms with Gasteiger partial charge in [-0.15, -0.1) is 0 Å². The molecule has 10 N–H and O–H groups in total. The number of carboxylic acid groups (broad SMARTS) is 2. The predicted molar refractivity (Wildman–Crippen MR) is 143 cm³/mol. The number of H-pyrrole nitrogens is 1. The minimum absolute atomic E-state index is 0.0778. The molecule has 1 aromatic heterocycles. The summed E-state index contributed by atoms with van der Waals surface area (Å²) < 4.78 is 0. The second-order valence-electron chi connectivity index (χ2n) is 9.74. The standard InChI is InChI=1S/C26H38N6O7/c1-14(2)22(32-23(35)17(28)8-5-6-10-27)25(37)30-19(12-21(33)34)24(36)31-20(26(38)39)11-15-13-29-18-9-4-3-7-16(15)18/h3-4,7,9,13-14,17,19-20,22,29H,5-6,8,10-12,27-28H2,1-2H3,(H,30,37)(H,31,36)(H,32,35)(H,33,34)(H,38,39). The normalized spacial score (nSPS) is 14.3. The average molecular weight is 547 g/mol. The summed E-state index contributed by atoms with van der Waals surface area (Å²) in [5.41, 5.74) is 12.8. The smallest absolute Gasteiger partial charge is 0.326 e. The molecule has 214 valence electrons. The highest BCUT2D eigenvalue weighted by molar-refractivity contribution is 5.96. The van der Waals surface area contributed by atoms with Crippen molar-refractivity contribution in [2.45, 2.75) is 70.1 Å². The summed E-state index contributed by atoms with van der Waals surface area (Å²) in [6.45, 7) is 3.79. The van der Waals surface area contributed by atoms with E-state index in [1.165, 1.54) is 0 Å². The van der Waals surface area contributed by atoms with Gasteiger partial charge in [-0.25, -0.2) is 4.79 Å². The molecule has 0 aliphatic carbocycles. The zero-order chi connectivity index (χ0) is 29.1. The lowest BCUT2D eigenvalue weighted by Crippen LogP contribution is -2.58. The molecular weight excluding hydrogens is 508 g/mol. The van der Waals surface area contributed by atoms with E-state index in [-0.39, 0.29) is 6.42 Å². The van der Waals surface area contributed by atoms with Gasteiger partial charge in [0.15, 0.2) is 0 Å². The molecule has 0 saturated heterocycles. The van der Waals surface area contributed by atoms with Gasteiger partial charge in [0.25, 0.3) is 0 Å². The Morgan fingerprint density at radius 1 is 0.923 bits per heavy atom. The van der Waals surface area contributed by atoms with Crippen LogP contribution >= 0.6 is 0 Å². The molecule has 13 heteroatoms. The highest BCUT2D eigenvalue weighted by atomic mass is 16.4. The molecule has 0 fully saturated rings. The van der Waals surface area contributed by atoms with E-state index in [0.717, 1.165) is 10.9 Å². The quantitative estimate of drug-likeness (QED) is 0.131. The number of hydrogen-bond acceptors (Lipinski definition) is 7. The lowest BCUT2D eigenvalue weighted by molar-refractivity contribution is -0.143. The summed E-state index contributed by atoms with van der Waals surface area (Å²) in [6.07, 6.45) is 2.46. The third-order valence-corrected chi connectivity index (χ3v) is 6.28. The van der Waals surface area contributed by atoms with Crippen LogP contribution in [0.25, 0.3) is 10.9 Å². The van der Waals surface area contributed by atoms with Crippen LogP contribution in [0.15, 0.2) is 30.5 Å². The predicted octanol–water partition coefficient (Wildman–Crippen LogP) is -0.164. The summed E-state index contributed by atoms with van der Waals surface area (Å²) in [6, 6.07) is 2.29. The zero-order valence-electron chi connectivity index (χ0n) is 22.1. The number of amides is 3. The van der Waals surface area contributed by atoms with Crippen molar-refractivity contribution >= 4 is 40.6 Å². The van der Waals surface area contributed by atoms with Crippen LogP contribution in [0.4, 0.5) is 0 Å². The third-order valence-electron chi connectivity index (χ3n) is 6.28. The number of aromatic amines is 1. The van der Waals surface area contributed by atoms with E-state index >= 15 is 0 Å². The lowest BCUT2D eigenvalue weighted by atomic mass is 10.0. The molecule has 13 nitrogen and oxygen atoms in total. The number of nitrogens with two attached hydrogens (primary N) is 2. The van der Waals surface area contributed by atoms with E-state index in [1.54, 1.807) is 32.2 Å². The molecule has 0 radical (unpaired) electrons. The molecule has 0 saturated carbocycles. The van der Waals surface area contributed by atoms with Crippen molar-refractivity contribution in [3.05, 3.63) is 36.0 Å². The van der Waals surface area contributed by atoms with Crippen LogP contribution in [0.1, 0.15) is 45.1 Å². The van der Waals surface area contributed by atoms with Crippen molar-refractivity contribution in [3.8, 4) is 0 Å². The number of para-hydroxylation sites is 1. The number of unbranched alkanes of at least 4 members (excludes halogenated alkanes) is 1. The van der Waals surface area contributed by atoms with Crippen LogP contribution < -0.4 is 27.4 Å². The zero-order valence-corrected chi connectivity index (χ0v) is 22.1. The van der Waals surface area contributed by atoms with Crippen LogP contribution in [0, 0.1) is 5.92 Å². The van der Waals surface area contributed by atoms with E-state index in [1.807, 2.05) is 12.1 Å². The van der Waals surface area contributed by atoms with Gasteiger partial charge in [0.1, 0.15) is 18.1 Å². The fourth-order valence-electron chi connectivity index (χ4n) is 4.07. The first-order valence-corrected chi connectivity index (χ1v) is 12.8. The number of carboxylic acids is 2. The number of carbonyl (C=O) groups is 5. The van der Waals surface area contributed by atoms with E-state index in [4.69, 9.17) is 11.5 Å². The SMILES string of the molecule is CC(C)C(NC(=O)C(N)CCCCN)C(=O)NC(CC(=O)O)C(=O)NC(Cc1c[nH]c2ccccc12)C(=O)O. The van der Waals surface area contributed by atoms with Crippen molar-refractivity contribution in [3.63, 3.8) is 0 Å². The molecule has 0 aliphatic heterocycles. The van der Waals surface area contributed by atoms with Crippen LogP contribution in [0.3, 0.4) is 0 Å². The molecule has 2 rings (SSSR count). The summed E-state index contributed by atoms with van der Waals surface area (Å²) in [5, 5.41) is 27.1. The van der Waals surface area contributed by atoms with Crippen LogP contribution in [0.2, 0.25) is 0 Å². The van der Waals surface area contributed by atoms with Gasteiger partial charge in [-0.3, -0.25) is 19.2 Å². The molecule has 0 bridgehead atoms. The van der Waals surface area contributed by atoms with E-state index in [0.29, 0.717) is 31.4 Å². The number of rotatable bonds is 16. The minimum atomic E-state index is -1.59. The van der Waals surface area contributed by atoms with E-state index < -0.39 is 66.2 Å². The third kappa shape index (κ3) is 9.37. The van der Waals surface area contributed by atoms with Gasteiger partial charge in [0.05, 0.1) is 12.5 Å². The van der Waals surface area contributed by atoms with Gasteiger partial charge in [0, 0.05) is 23.5 Å². The van der Waals surface area contributed by atoms with Crippen molar-refractivity contribution in [2.75, 3.05) is 6.54 Å². The molecule has 0 aliphatic rings. The Morgan fingerprint density at radius 3 is 2.21 bits per heavy atom. The summed E-state index contributed by atoms with van der Waals surface area (Å²) >= 11 is 0. The van der Waals surface area contributed by atoms with Gasteiger partial charge < -0.3 is 42.6 Å². The monoisotopic (exact) mass is 546 g/mol. The molecule has 2 aromatic rings. The molecule has 39 heavy (non-hydrogen) atoms. The Balaban J connectivity index is 2.13. The number of fused-ring (bicyclic) bond motifs is 1. The Morgan fingerprint density at radius 2 is 1.59 bits per heavy atom.